The van der Waals surface area contributed by atoms with Crippen LogP contribution < -0.4 is 4.74 Å². The third-order valence-corrected chi connectivity index (χ3v) is 4.38. The lowest BCUT2D eigenvalue weighted by Gasteiger charge is -2.36. The molecule has 0 spiro atoms. The van der Waals surface area contributed by atoms with Crippen LogP contribution in [0.1, 0.15) is 27.9 Å². The van der Waals surface area contributed by atoms with Crippen LogP contribution in [0.2, 0.25) is 0 Å². The van der Waals surface area contributed by atoms with E-state index in [0.717, 1.165) is 17.1 Å². The van der Waals surface area contributed by atoms with Gasteiger partial charge in [-0.25, -0.2) is 9.97 Å². The van der Waals surface area contributed by atoms with E-state index in [-0.39, 0.29) is 11.9 Å². The second kappa shape index (κ2) is 6.35. The number of carbonyl (C=O) groups excluding carboxylic acids is 1. The van der Waals surface area contributed by atoms with E-state index in [1.54, 1.807) is 24.4 Å². The van der Waals surface area contributed by atoms with Gasteiger partial charge in [-0.3, -0.25) is 9.78 Å². The van der Waals surface area contributed by atoms with E-state index >= 15 is 0 Å². The molecule has 0 fully saturated rings. The Morgan fingerprint density at radius 2 is 2.16 bits per heavy atom. The Morgan fingerprint density at radius 1 is 1.24 bits per heavy atom. The topological polar surface area (TPSA) is 73.1 Å². The van der Waals surface area contributed by atoms with Crippen LogP contribution in [0.25, 0.3) is 0 Å². The van der Waals surface area contributed by atoms with Gasteiger partial charge in [0.05, 0.1) is 25.9 Å². The highest BCUT2D eigenvalue weighted by atomic mass is 16.5. The lowest BCUT2D eigenvalue weighted by atomic mass is 10.0. The summed E-state index contributed by atoms with van der Waals surface area (Å²) in [5.74, 6) is 1.47. The van der Waals surface area contributed by atoms with Crippen molar-refractivity contribution < 1.29 is 9.53 Å². The number of nitrogens with zero attached hydrogens (tertiary/aromatic N) is 5. The standard InChI is InChI=1S/C18H17N5O2/c1-25-14-4-2-3-13(9-14)16-11-22-8-7-21-17(22)12-23(16)18(24)15-10-19-5-6-20-15/h2-10,16H,11-12H2,1H3/t16-/m1/s1. The predicted octanol–water partition coefficient (Wildman–Crippen LogP) is 2.08. The fourth-order valence-corrected chi connectivity index (χ4v) is 3.11. The van der Waals surface area contributed by atoms with E-state index in [2.05, 4.69) is 19.5 Å². The fourth-order valence-electron chi connectivity index (χ4n) is 3.11. The molecule has 3 aromatic rings. The summed E-state index contributed by atoms with van der Waals surface area (Å²) in [5, 5.41) is 0. The van der Waals surface area contributed by atoms with E-state index in [0.29, 0.717) is 18.8 Å². The van der Waals surface area contributed by atoms with Crippen molar-refractivity contribution in [3.63, 3.8) is 0 Å². The molecule has 0 bridgehead atoms. The molecule has 4 rings (SSSR count). The second-order valence-electron chi connectivity index (χ2n) is 5.81. The third kappa shape index (κ3) is 2.84. The van der Waals surface area contributed by atoms with Crippen molar-refractivity contribution >= 4 is 5.91 Å². The Balaban J connectivity index is 1.74. The zero-order valence-corrected chi connectivity index (χ0v) is 13.7. The lowest BCUT2D eigenvalue weighted by molar-refractivity contribution is 0.0577. The third-order valence-electron chi connectivity index (χ3n) is 4.38. The average Bonchev–Trinajstić information content (AvgIpc) is 3.14. The van der Waals surface area contributed by atoms with E-state index in [1.165, 1.54) is 12.4 Å². The first kappa shape index (κ1) is 15.3. The number of aromatic nitrogens is 4. The van der Waals surface area contributed by atoms with Gasteiger partial charge in [0.2, 0.25) is 0 Å². The van der Waals surface area contributed by atoms with Gasteiger partial charge in [-0.1, -0.05) is 12.1 Å². The molecule has 1 amide bonds. The quantitative estimate of drug-likeness (QED) is 0.733. The summed E-state index contributed by atoms with van der Waals surface area (Å²) >= 11 is 0. The zero-order valence-electron chi connectivity index (χ0n) is 13.7. The Hall–Kier alpha value is -3.22. The minimum absolute atomic E-state index is 0.133. The van der Waals surface area contributed by atoms with Gasteiger partial charge in [0, 0.05) is 31.3 Å². The summed E-state index contributed by atoms with van der Waals surface area (Å²) in [6.07, 6.45) is 8.27. The first-order valence-electron chi connectivity index (χ1n) is 7.97. The van der Waals surface area contributed by atoms with Crippen molar-refractivity contribution in [2.75, 3.05) is 7.11 Å². The molecule has 7 nitrogen and oxygen atoms in total. The van der Waals surface area contributed by atoms with Gasteiger partial charge in [0.25, 0.3) is 5.91 Å². The van der Waals surface area contributed by atoms with Gasteiger partial charge >= 0.3 is 0 Å². The normalized spacial score (nSPS) is 16.4. The minimum atomic E-state index is -0.157. The summed E-state index contributed by atoms with van der Waals surface area (Å²) in [6, 6.07) is 7.66. The Bertz CT molecular complexity index is 893. The highest BCUT2D eigenvalue weighted by Gasteiger charge is 2.32. The first-order chi connectivity index (χ1) is 12.3. The van der Waals surface area contributed by atoms with E-state index in [1.807, 2.05) is 30.5 Å². The van der Waals surface area contributed by atoms with Crippen LogP contribution in [-0.4, -0.2) is 37.4 Å². The van der Waals surface area contributed by atoms with E-state index < -0.39 is 0 Å². The summed E-state index contributed by atoms with van der Waals surface area (Å²) in [5.41, 5.74) is 1.34. The van der Waals surface area contributed by atoms with Crippen molar-refractivity contribution in [2.45, 2.75) is 19.1 Å². The molecule has 1 aliphatic heterocycles. The first-order valence-corrected chi connectivity index (χ1v) is 7.97. The Labute approximate surface area is 144 Å². The zero-order chi connectivity index (χ0) is 17.2. The smallest absolute Gasteiger partial charge is 0.275 e. The molecule has 126 valence electrons. The van der Waals surface area contributed by atoms with Crippen LogP contribution in [-0.2, 0) is 13.1 Å². The average molecular weight is 335 g/mol. The number of hydrogen-bond acceptors (Lipinski definition) is 5. The molecular weight excluding hydrogens is 318 g/mol. The van der Waals surface area contributed by atoms with Crippen molar-refractivity contribution in [3.8, 4) is 5.75 Å². The molecule has 1 aromatic carbocycles. The van der Waals surface area contributed by atoms with Crippen molar-refractivity contribution in [1.82, 2.24) is 24.4 Å². The number of hydrogen-bond donors (Lipinski definition) is 0. The highest BCUT2D eigenvalue weighted by Crippen LogP contribution is 2.31. The van der Waals surface area contributed by atoms with Crippen LogP contribution in [0.4, 0.5) is 0 Å². The highest BCUT2D eigenvalue weighted by molar-refractivity contribution is 5.92. The molecule has 25 heavy (non-hydrogen) atoms. The van der Waals surface area contributed by atoms with Gasteiger partial charge in [-0.15, -0.1) is 0 Å². The second-order valence-corrected chi connectivity index (χ2v) is 5.81. The number of benzene rings is 1. The monoisotopic (exact) mass is 335 g/mol. The van der Waals surface area contributed by atoms with Crippen LogP contribution >= 0.6 is 0 Å². The predicted molar refractivity (Wildman–Crippen MR) is 89.9 cm³/mol. The van der Waals surface area contributed by atoms with Gasteiger partial charge in [0.15, 0.2) is 0 Å². The number of methoxy groups -OCH3 is 1. The largest absolute Gasteiger partial charge is 0.497 e. The molecule has 0 aliphatic carbocycles. The fraction of sp³-hybridized carbons (Fsp3) is 0.222. The molecule has 0 saturated carbocycles. The van der Waals surface area contributed by atoms with Gasteiger partial charge < -0.3 is 14.2 Å². The van der Waals surface area contributed by atoms with Gasteiger partial charge in [-0.05, 0) is 17.7 Å². The molecule has 0 unspecified atom stereocenters. The van der Waals surface area contributed by atoms with Crippen LogP contribution in [0, 0.1) is 0 Å². The molecule has 3 heterocycles. The number of rotatable bonds is 3. The van der Waals surface area contributed by atoms with Crippen molar-refractivity contribution in [1.29, 1.82) is 0 Å². The molecule has 2 aromatic heterocycles. The lowest BCUT2D eigenvalue weighted by Crippen LogP contribution is -2.41. The van der Waals surface area contributed by atoms with Crippen LogP contribution in [0.15, 0.2) is 55.2 Å². The SMILES string of the molecule is COc1cccc([C@H]2Cn3ccnc3CN2C(=O)c2cnccn2)c1. The van der Waals surface area contributed by atoms with Gasteiger partial charge in [-0.2, -0.15) is 0 Å². The molecule has 0 N–H and O–H groups in total. The number of ether oxygens (including phenoxy) is 1. The molecule has 7 heteroatoms. The minimum Gasteiger partial charge on any atom is -0.497 e. The Kier molecular flexibility index (Phi) is 3.89. The molecule has 1 aliphatic rings. The maximum atomic E-state index is 13.0. The summed E-state index contributed by atoms with van der Waals surface area (Å²) in [4.78, 5) is 27.3. The van der Waals surface area contributed by atoms with Crippen molar-refractivity contribution in [3.05, 3.63) is 72.3 Å². The van der Waals surface area contributed by atoms with Gasteiger partial charge in [0.1, 0.15) is 17.3 Å². The van der Waals surface area contributed by atoms with Crippen molar-refractivity contribution in [2.24, 2.45) is 0 Å². The molecule has 0 saturated heterocycles. The Morgan fingerprint density at radius 3 is 2.96 bits per heavy atom. The van der Waals surface area contributed by atoms with E-state index in [4.69, 9.17) is 4.74 Å². The molecular formula is C18H17N5O2. The molecule has 1 atom stereocenters. The van der Waals surface area contributed by atoms with E-state index in [9.17, 15) is 4.79 Å². The summed E-state index contributed by atoms with van der Waals surface area (Å²) < 4.78 is 7.41. The number of imidazole rings is 1. The maximum absolute atomic E-state index is 13.0. The van der Waals surface area contributed by atoms with Crippen LogP contribution in [0.5, 0.6) is 5.75 Å². The van der Waals surface area contributed by atoms with Crippen LogP contribution in [0.3, 0.4) is 0 Å². The molecule has 0 radical (unpaired) electrons. The summed E-state index contributed by atoms with van der Waals surface area (Å²) in [6.45, 7) is 1.05. The number of amides is 1. The number of fused-ring (bicyclic) bond motifs is 1. The maximum Gasteiger partial charge on any atom is 0.275 e. The summed E-state index contributed by atoms with van der Waals surface area (Å²) in [7, 11) is 1.64. The number of carbonyl (C=O) groups is 1.